The number of allylic oxidation sites excluding steroid dienone is 1. The molecule has 0 aliphatic heterocycles. The summed E-state index contributed by atoms with van der Waals surface area (Å²) in [4.78, 5) is 4.11. The average molecular weight is 469 g/mol. The molecule has 3 aromatic rings. The largest absolute Gasteiger partial charge is 0.335 e. The molecule has 1 aromatic heterocycles. The molecule has 5 heteroatoms. The number of benzene rings is 2. The maximum atomic E-state index is 6.28. The van der Waals surface area contributed by atoms with E-state index in [9.17, 15) is 0 Å². The number of aromatic nitrogens is 2. The van der Waals surface area contributed by atoms with Gasteiger partial charge in [-0.15, -0.1) is 12.1 Å². The molecule has 170 valence electrons. The van der Waals surface area contributed by atoms with Crippen LogP contribution in [0.4, 0.5) is 0 Å². The highest BCUT2D eigenvalue weighted by molar-refractivity contribution is 6.93. The number of aryl methyl sites for hydroxylation is 2. The van der Waals surface area contributed by atoms with Gasteiger partial charge in [-0.3, -0.25) is 0 Å². The predicted molar refractivity (Wildman–Crippen MR) is 143 cm³/mol. The molecule has 2 aromatic carbocycles. The number of hydrogen-bond acceptors (Lipinski definition) is 1. The van der Waals surface area contributed by atoms with E-state index in [1.165, 1.54) is 44.2 Å². The zero-order valence-electron chi connectivity index (χ0n) is 19.7. The highest BCUT2D eigenvalue weighted by Crippen LogP contribution is 2.13. The molecule has 0 atom stereocenters. The van der Waals surface area contributed by atoms with Crippen molar-refractivity contribution in [2.75, 3.05) is 0 Å². The number of imidazole rings is 1. The van der Waals surface area contributed by atoms with Crippen molar-refractivity contribution in [1.29, 1.82) is 0 Å². The molecule has 0 bridgehead atoms. The van der Waals surface area contributed by atoms with E-state index >= 15 is 0 Å². The first-order valence-electron chi connectivity index (χ1n) is 11.6. The Morgan fingerprint density at radius 2 is 1.44 bits per heavy atom. The van der Waals surface area contributed by atoms with Crippen LogP contribution in [0.15, 0.2) is 73.1 Å². The zero-order valence-corrected chi connectivity index (χ0v) is 21.2. The van der Waals surface area contributed by atoms with Gasteiger partial charge < -0.3 is 4.57 Å². The predicted octanol–water partition coefficient (Wildman–Crippen LogP) is 7.27. The third-order valence-electron chi connectivity index (χ3n) is 5.60. The van der Waals surface area contributed by atoms with Gasteiger partial charge in [0.2, 0.25) is 6.71 Å². The van der Waals surface area contributed by atoms with Gasteiger partial charge in [0, 0.05) is 28.5 Å². The van der Waals surface area contributed by atoms with E-state index < -0.39 is 0 Å². The number of halogens is 2. The minimum absolute atomic E-state index is 0.0346. The van der Waals surface area contributed by atoms with Crippen molar-refractivity contribution < 1.29 is 0 Å². The van der Waals surface area contributed by atoms with E-state index in [0.29, 0.717) is 0 Å². The summed E-state index contributed by atoms with van der Waals surface area (Å²) in [5, 5.41) is 1.48. The van der Waals surface area contributed by atoms with Crippen molar-refractivity contribution in [2.24, 2.45) is 0 Å². The fourth-order valence-electron chi connectivity index (χ4n) is 3.80. The van der Waals surface area contributed by atoms with E-state index in [-0.39, 0.29) is 6.71 Å². The normalized spacial score (nSPS) is 10.4. The molecule has 0 fully saturated rings. The highest BCUT2D eigenvalue weighted by Gasteiger charge is 2.24. The van der Waals surface area contributed by atoms with E-state index in [0.717, 1.165) is 33.0 Å². The van der Waals surface area contributed by atoms with Gasteiger partial charge in [-0.1, -0.05) is 116 Å². The molecule has 0 saturated heterocycles. The minimum Gasteiger partial charge on any atom is -0.335 e. The first kappa shape index (κ1) is 26.3. The lowest BCUT2D eigenvalue weighted by atomic mass is 9.37. The Hall–Kier alpha value is -1.97. The van der Waals surface area contributed by atoms with Crippen LogP contribution in [0.1, 0.15) is 58.1 Å². The number of nitrogens with zero attached hydrogens (tertiary/aromatic N) is 2. The van der Waals surface area contributed by atoms with Crippen LogP contribution in [0.3, 0.4) is 0 Å². The molecule has 0 spiro atoms. The number of rotatable bonds is 10. The fourth-order valence-corrected chi connectivity index (χ4v) is 4.29. The summed E-state index contributed by atoms with van der Waals surface area (Å²) in [6, 6.07) is 15.6. The Balaban J connectivity index is 0.000000235. The molecule has 1 heterocycles. The van der Waals surface area contributed by atoms with Crippen LogP contribution in [-0.4, -0.2) is 16.3 Å². The lowest BCUT2D eigenvalue weighted by Crippen LogP contribution is -2.44. The first-order chi connectivity index (χ1) is 15.5. The van der Waals surface area contributed by atoms with Crippen molar-refractivity contribution in [2.45, 2.75) is 65.8 Å². The van der Waals surface area contributed by atoms with E-state index in [4.69, 9.17) is 23.2 Å². The van der Waals surface area contributed by atoms with E-state index in [2.05, 4.69) is 30.0 Å². The molecular weight excluding hydrogens is 434 g/mol. The third-order valence-corrected chi connectivity index (χ3v) is 6.29. The van der Waals surface area contributed by atoms with Crippen LogP contribution in [0.25, 0.3) is 0 Å². The minimum atomic E-state index is 0.0346. The van der Waals surface area contributed by atoms with Crippen molar-refractivity contribution in [3.05, 3.63) is 88.8 Å². The van der Waals surface area contributed by atoms with Crippen LogP contribution in [-0.2, 0) is 6.54 Å². The summed E-state index contributed by atoms with van der Waals surface area (Å²) in [6.07, 6.45) is 12.0. The number of hydrogen-bond donors (Lipinski definition) is 0. The summed E-state index contributed by atoms with van der Waals surface area (Å²) in [5.74, 6) is 0. The molecular formula is C27H35BCl2N2. The molecule has 0 radical (unpaired) electrons. The number of unbranched alkanes of at least 4 members (excludes halogenated alkanes) is 5. The van der Waals surface area contributed by atoms with Crippen molar-refractivity contribution in [3.8, 4) is 0 Å². The molecule has 0 saturated carbocycles. The second-order valence-corrected chi connectivity index (χ2v) is 9.13. The van der Waals surface area contributed by atoms with Crippen molar-refractivity contribution >= 4 is 40.8 Å². The van der Waals surface area contributed by atoms with Crippen LogP contribution < -0.4 is 10.9 Å². The van der Waals surface area contributed by atoms with E-state index in [1.54, 1.807) is 0 Å². The maximum absolute atomic E-state index is 6.28. The Labute approximate surface area is 204 Å². The van der Waals surface area contributed by atoms with Crippen LogP contribution in [0.2, 0.25) is 10.0 Å². The molecule has 32 heavy (non-hydrogen) atoms. The summed E-state index contributed by atoms with van der Waals surface area (Å²) in [5.41, 5.74) is 4.38. The summed E-state index contributed by atoms with van der Waals surface area (Å²) in [6.45, 7) is 11.6. The standard InChI is InChI=1S/C15H13BCl2.C12H22N2/c1-11(2)16(12-7-3-5-9-14(12)17)13-8-4-6-10-15(13)18;1-3-4-5-6-7-8-9-14-11-13-10-12(14)2/h3-10H,1H2,2H3;10-11H,3-9H2,1-2H3. The van der Waals surface area contributed by atoms with Crippen LogP contribution in [0.5, 0.6) is 0 Å². The molecule has 3 rings (SSSR count). The molecule has 0 amide bonds. The van der Waals surface area contributed by atoms with Crippen molar-refractivity contribution in [1.82, 2.24) is 9.55 Å². The van der Waals surface area contributed by atoms with E-state index in [1.807, 2.05) is 68.0 Å². The smallest absolute Gasteiger partial charge is 0.240 e. The topological polar surface area (TPSA) is 17.8 Å². The van der Waals surface area contributed by atoms with Gasteiger partial charge in [0.1, 0.15) is 0 Å². The molecule has 0 aliphatic carbocycles. The highest BCUT2D eigenvalue weighted by atomic mass is 35.5. The van der Waals surface area contributed by atoms with Crippen LogP contribution >= 0.6 is 23.2 Å². The van der Waals surface area contributed by atoms with Gasteiger partial charge in [-0.25, -0.2) is 4.98 Å². The first-order valence-corrected chi connectivity index (χ1v) is 12.3. The lowest BCUT2D eigenvalue weighted by molar-refractivity contribution is 0.552. The van der Waals surface area contributed by atoms with Gasteiger partial charge in [0.15, 0.2) is 0 Å². The quantitative estimate of drug-likeness (QED) is 0.226. The van der Waals surface area contributed by atoms with Gasteiger partial charge in [0.25, 0.3) is 0 Å². The molecule has 0 aliphatic rings. The van der Waals surface area contributed by atoms with Crippen molar-refractivity contribution in [3.63, 3.8) is 0 Å². The van der Waals surface area contributed by atoms with Gasteiger partial charge in [-0.05, 0) is 25.5 Å². The van der Waals surface area contributed by atoms with Crippen LogP contribution in [0, 0.1) is 6.92 Å². The lowest BCUT2D eigenvalue weighted by Gasteiger charge is -2.17. The molecule has 2 nitrogen and oxygen atoms in total. The Morgan fingerprint density at radius 1 is 0.906 bits per heavy atom. The Kier molecular flexibility index (Phi) is 11.7. The molecule has 0 N–H and O–H groups in total. The SMILES string of the molecule is C=C(C)B(c1ccccc1Cl)c1ccccc1Cl.CCCCCCCCn1cncc1C. The monoisotopic (exact) mass is 468 g/mol. The third kappa shape index (κ3) is 8.18. The average Bonchev–Trinajstić information content (AvgIpc) is 3.18. The second-order valence-electron chi connectivity index (χ2n) is 8.32. The van der Waals surface area contributed by atoms with Gasteiger partial charge >= 0.3 is 0 Å². The Morgan fingerprint density at radius 3 is 1.91 bits per heavy atom. The maximum Gasteiger partial charge on any atom is 0.240 e. The molecule has 0 unspecified atom stereocenters. The second kappa shape index (κ2) is 14.2. The van der Waals surface area contributed by atoms with Gasteiger partial charge in [0.05, 0.1) is 6.33 Å². The summed E-state index contributed by atoms with van der Waals surface area (Å²) in [7, 11) is 0. The summed E-state index contributed by atoms with van der Waals surface area (Å²) < 4.78 is 2.24. The summed E-state index contributed by atoms with van der Waals surface area (Å²) >= 11 is 12.6. The zero-order chi connectivity index (χ0) is 23.3. The Bertz CT molecular complexity index is 922. The fraction of sp³-hybridized carbons (Fsp3) is 0.370. The van der Waals surface area contributed by atoms with Gasteiger partial charge in [-0.2, -0.15) is 0 Å².